The summed E-state index contributed by atoms with van der Waals surface area (Å²) in [6, 6.07) is 15.2. The van der Waals surface area contributed by atoms with Crippen molar-refractivity contribution in [2.75, 3.05) is 37.7 Å². The van der Waals surface area contributed by atoms with Crippen molar-refractivity contribution in [1.82, 2.24) is 9.91 Å². The molecule has 0 aliphatic carbocycles. The fourth-order valence-electron chi connectivity index (χ4n) is 3.92. The predicted octanol–water partition coefficient (Wildman–Crippen LogP) is 4.48. The number of alkyl halides is 3. The van der Waals surface area contributed by atoms with Crippen molar-refractivity contribution in [2.24, 2.45) is 5.10 Å². The fourth-order valence-corrected chi connectivity index (χ4v) is 3.92. The van der Waals surface area contributed by atoms with E-state index in [4.69, 9.17) is 0 Å². The van der Waals surface area contributed by atoms with E-state index in [0.29, 0.717) is 45.0 Å². The average Bonchev–Trinajstić information content (AvgIpc) is 2.78. The molecule has 0 bridgehead atoms. The Kier molecular flexibility index (Phi) is 6.32. The van der Waals surface area contributed by atoms with E-state index in [1.807, 2.05) is 48.2 Å². The number of hydrazone groups is 1. The molecule has 2 heterocycles. The van der Waals surface area contributed by atoms with Crippen molar-refractivity contribution in [3.05, 3.63) is 71.3 Å². The molecule has 0 atom stereocenters. The summed E-state index contributed by atoms with van der Waals surface area (Å²) in [6.07, 6.45) is -2.06. The summed E-state index contributed by atoms with van der Waals surface area (Å²) < 4.78 is 39.0. The molecule has 2 aromatic rings. The number of piperazine rings is 1. The van der Waals surface area contributed by atoms with Crippen molar-refractivity contribution in [1.29, 1.82) is 0 Å². The van der Waals surface area contributed by atoms with Crippen LogP contribution >= 0.6 is 0 Å². The number of carbonyl (C=O) groups excluding carboxylic acids is 1. The highest BCUT2D eigenvalue weighted by molar-refractivity contribution is 6.08. The van der Waals surface area contributed by atoms with Crippen LogP contribution in [0.25, 0.3) is 6.08 Å². The van der Waals surface area contributed by atoms with Gasteiger partial charge in [0.05, 0.1) is 24.4 Å². The Labute approximate surface area is 185 Å². The van der Waals surface area contributed by atoms with E-state index in [2.05, 4.69) is 10.0 Å². The second kappa shape index (κ2) is 9.16. The molecular formula is C24H25F3N4O. The van der Waals surface area contributed by atoms with Gasteiger partial charge in [-0.25, -0.2) is 5.01 Å². The third kappa shape index (κ3) is 5.19. The highest BCUT2D eigenvalue weighted by atomic mass is 19.4. The summed E-state index contributed by atoms with van der Waals surface area (Å²) >= 11 is 0. The Morgan fingerprint density at radius 3 is 2.41 bits per heavy atom. The van der Waals surface area contributed by atoms with Crippen LogP contribution < -0.4 is 4.90 Å². The minimum absolute atomic E-state index is 0.0573. The largest absolute Gasteiger partial charge is 0.416 e. The quantitative estimate of drug-likeness (QED) is 0.701. The third-order valence-corrected chi connectivity index (χ3v) is 5.75. The van der Waals surface area contributed by atoms with Crippen LogP contribution in [0.4, 0.5) is 18.9 Å². The van der Waals surface area contributed by atoms with E-state index in [1.54, 1.807) is 6.07 Å². The zero-order valence-electron chi connectivity index (χ0n) is 17.8. The van der Waals surface area contributed by atoms with Gasteiger partial charge in [0.15, 0.2) is 0 Å². The van der Waals surface area contributed by atoms with Crippen molar-refractivity contribution in [3.63, 3.8) is 0 Å². The van der Waals surface area contributed by atoms with E-state index in [9.17, 15) is 18.0 Å². The monoisotopic (exact) mass is 442 g/mol. The summed E-state index contributed by atoms with van der Waals surface area (Å²) in [6.45, 7) is 4.74. The maximum absolute atomic E-state index is 13.0. The van der Waals surface area contributed by atoms with Crippen LogP contribution in [-0.4, -0.2) is 54.4 Å². The summed E-state index contributed by atoms with van der Waals surface area (Å²) in [5, 5.41) is 6.00. The highest BCUT2D eigenvalue weighted by Crippen LogP contribution is 2.32. The number of hydrogen-bond donors (Lipinski definition) is 0. The first kappa shape index (κ1) is 22.1. The molecule has 0 spiro atoms. The topological polar surface area (TPSA) is 39.1 Å². The van der Waals surface area contributed by atoms with Crippen LogP contribution in [0.5, 0.6) is 0 Å². The minimum Gasteiger partial charge on any atom is -0.369 e. The number of carbonyl (C=O) groups is 1. The smallest absolute Gasteiger partial charge is 0.369 e. The van der Waals surface area contributed by atoms with Gasteiger partial charge in [0.2, 0.25) is 5.91 Å². The molecule has 8 heteroatoms. The van der Waals surface area contributed by atoms with Crippen molar-refractivity contribution in [3.8, 4) is 0 Å². The van der Waals surface area contributed by atoms with Gasteiger partial charge >= 0.3 is 6.18 Å². The number of nitrogens with zero attached hydrogens (tertiary/aromatic N) is 4. The lowest BCUT2D eigenvalue weighted by atomic mass is 10.0. The Morgan fingerprint density at radius 2 is 1.72 bits per heavy atom. The van der Waals surface area contributed by atoms with Crippen LogP contribution in [0.3, 0.4) is 0 Å². The Bertz CT molecular complexity index is 1030. The molecule has 32 heavy (non-hydrogen) atoms. The SMILES string of the molecule is CC1=NN(CN2CCN(c3cccc(C(F)(F)F)c3)CC2)C(=O)C/C1=C\c1ccccc1. The van der Waals surface area contributed by atoms with Gasteiger partial charge in [-0.1, -0.05) is 36.4 Å². The van der Waals surface area contributed by atoms with Gasteiger partial charge in [0, 0.05) is 31.9 Å². The lowest BCUT2D eigenvalue weighted by Gasteiger charge is -2.38. The molecular weight excluding hydrogens is 417 g/mol. The van der Waals surface area contributed by atoms with E-state index in [0.717, 1.165) is 22.9 Å². The van der Waals surface area contributed by atoms with E-state index >= 15 is 0 Å². The Morgan fingerprint density at radius 1 is 1.00 bits per heavy atom. The van der Waals surface area contributed by atoms with Crippen LogP contribution in [0.15, 0.2) is 65.3 Å². The van der Waals surface area contributed by atoms with Crippen LogP contribution in [0.1, 0.15) is 24.5 Å². The Hall–Kier alpha value is -3.13. The van der Waals surface area contributed by atoms with Crippen molar-refractivity contribution >= 4 is 23.4 Å². The second-order valence-corrected chi connectivity index (χ2v) is 8.03. The number of hydrogen-bond acceptors (Lipinski definition) is 4. The molecule has 168 valence electrons. The van der Waals surface area contributed by atoms with Gasteiger partial charge in [-0.15, -0.1) is 0 Å². The molecule has 2 aliphatic rings. The molecule has 0 N–H and O–H groups in total. The summed E-state index contributed by atoms with van der Waals surface area (Å²) in [7, 11) is 0. The standard InChI is InChI=1S/C24H25F3N4O/c1-18-20(14-19-6-3-2-4-7-19)15-23(32)31(28-18)17-29-10-12-30(13-11-29)22-9-5-8-21(16-22)24(25,26)27/h2-9,14,16H,10-13,15,17H2,1H3/b20-14+. The molecule has 4 rings (SSSR count). The first-order chi connectivity index (χ1) is 15.3. The minimum atomic E-state index is -4.35. The number of halogens is 3. The Balaban J connectivity index is 1.36. The number of amides is 1. The predicted molar refractivity (Wildman–Crippen MR) is 119 cm³/mol. The van der Waals surface area contributed by atoms with Gasteiger partial charge in [-0.3, -0.25) is 9.69 Å². The van der Waals surface area contributed by atoms with Crippen LogP contribution in [0, 0.1) is 0 Å². The summed E-state index contributed by atoms with van der Waals surface area (Å²) in [5.41, 5.74) is 2.69. The van der Waals surface area contributed by atoms with Gasteiger partial charge in [0.1, 0.15) is 0 Å². The van der Waals surface area contributed by atoms with Gasteiger partial charge in [0.25, 0.3) is 0 Å². The maximum atomic E-state index is 13.0. The van der Waals surface area contributed by atoms with E-state index < -0.39 is 11.7 Å². The maximum Gasteiger partial charge on any atom is 0.416 e. The molecule has 0 radical (unpaired) electrons. The molecule has 0 aromatic heterocycles. The van der Waals surface area contributed by atoms with Gasteiger partial charge < -0.3 is 4.90 Å². The van der Waals surface area contributed by atoms with E-state index in [1.165, 1.54) is 17.1 Å². The summed E-state index contributed by atoms with van der Waals surface area (Å²) in [4.78, 5) is 16.7. The van der Waals surface area contributed by atoms with Crippen molar-refractivity contribution in [2.45, 2.75) is 19.5 Å². The molecule has 0 saturated carbocycles. The molecule has 1 amide bonds. The van der Waals surface area contributed by atoms with Crippen molar-refractivity contribution < 1.29 is 18.0 Å². The highest BCUT2D eigenvalue weighted by Gasteiger charge is 2.31. The second-order valence-electron chi connectivity index (χ2n) is 8.03. The molecule has 2 aliphatic heterocycles. The number of benzene rings is 2. The molecule has 0 unspecified atom stereocenters. The lowest BCUT2D eigenvalue weighted by Crippen LogP contribution is -2.50. The number of anilines is 1. The van der Waals surface area contributed by atoms with Crippen LogP contribution in [0.2, 0.25) is 0 Å². The molecule has 5 nitrogen and oxygen atoms in total. The molecule has 2 aromatic carbocycles. The number of rotatable bonds is 4. The third-order valence-electron chi connectivity index (χ3n) is 5.75. The zero-order valence-corrected chi connectivity index (χ0v) is 17.8. The van der Waals surface area contributed by atoms with Crippen LogP contribution in [-0.2, 0) is 11.0 Å². The van der Waals surface area contributed by atoms with E-state index in [-0.39, 0.29) is 5.91 Å². The lowest BCUT2D eigenvalue weighted by molar-refractivity contribution is -0.137. The fraction of sp³-hybridized carbons (Fsp3) is 0.333. The molecule has 1 fully saturated rings. The zero-order chi connectivity index (χ0) is 22.7. The normalized spacial score (nSPS) is 19.4. The average molecular weight is 442 g/mol. The summed E-state index contributed by atoms with van der Waals surface area (Å²) in [5.74, 6) is -0.0573. The van der Waals surface area contributed by atoms with Gasteiger partial charge in [-0.05, 0) is 42.3 Å². The first-order valence-corrected chi connectivity index (χ1v) is 10.6. The van der Waals surface area contributed by atoms with Gasteiger partial charge in [-0.2, -0.15) is 18.3 Å². The first-order valence-electron chi connectivity index (χ1n) is 10.6. The molecule has 1 saturated heterocycles.